The molecule has 0 aromatic carbocycles. The van der Waals surface area contributed by atoms with Crippen molar-refractivity contribution in [2.45, 2.75) is 37.4 Å². The van der Waals surface area contributed by atoms with E-state index in [1.165, 1.54) is 6.92 Å². The van der Waals surface area contributed by atoms with Crippen molar-refractivity contribution in [1.29, 1.82) is 0 Å². The van der Waals surface area contributed by atoms with Crippen molar-refractivity contribution in [1.82, 2.24) is 4.90 Å². The fourth-order valence-electron chi connectivity index (χ4n) is 1.73. The van der Waals surface area contributed by atoms with Gasteiger partial charge in [0.15, 0.2) is 5.60 Å². The highest BCUT2D eigenvalue weighted by atomic mass is 35.5. The summed E-state index contributed by atoms with van der Waals surface area (Å²) < 4.78 is 43.1. The Morgan fingerprint density at radius 1 is 1.47 bits per heavy atom. The number of halogens is 4. The van der Waals surface area contributed by atoms with Crippen LogP contribution in [0.25, 0.3) is 0 Å². The van der Waals surface area contributed by atoms with E-state index in [2.05, 4.69) is 0 Å². The fourth-order valence-corrected chi connectivity index (χ4v) is 1.87. The molecule has 0 bridgehead atoms. The summed E-state index contributed by atoms with van der Waals surface area (Å²) in [7, 11) is 0. The van der Waals surface area contributed by atoms with Gasteiger partial charge in [-0.2, -0.15) is 13.2 Å². The van der Waals surface area contributed by atoms with E-state index in [1.807, 2.05) is 0 Å². The lowest BCUT2D eigenvalue weighted by Gasteiger charge is -2.50. The second-order valence-corrected chi connectivity index (χ2v) is 4.52. The van der Waals surface area contributed by atoms with E-state index in [9.17, 15) is 18.0 Å². The first-order valence-corrected chi connectivity index (χ1v) is 5.84. The summed E-state index contributed by atoms with van der Waals surface area (Å²) in [4.78, 5) is 12.6. The molecule has 3 nitrogen and oxygen atoms in total. The lowest BCUT2D eigenvalue weighted by Crippen LogP contribution is -2.72. The van der Waals surface area contributed by atoms with Gasteiger partial charge < -0.3 is 9.64 Å². The van der Waals surface area contributed by atoms with Crippen molar-refractivity contribution in [3.8, 4) is 0 Å². The van der Waals surface area contributed by atoms with Gasteiger partial charge in [-0.3, -0.25) is 4.79 Å². The lowest BCUT2D eigenvalue weighted by molar-refractivity contribution is -0.313. The lowest BCUT2D eigenvalue weighted by atomic mass is 9.92. The first-order chi connectivity index (χ1) is 7.77. The summed E-state index contributed by atoms with van der Waals surface area (Å²) in [6, 6.07) is 0. The van der Waals surface area contributed by atoms with Crippen LogP contribution in [0.2, 0.25) is 0 Å². The fraction of sp³-hybridized carbons (Fsp3) is 0.900. The second kappa shape index (κ2) is 5.02. The second-order valence-electron chi connectivity index (χ2n) is 4.00. The molecule has 1 amide bonds. The van der Waals surface area contributed by atoms with Gasteiger partial charge in [-0.15, -0.1) is 11.6 Å². The Labute approximate surface area is 103 Å². The molecule has 7 heteroatoms. The molecule has 0 aromatic rings. The summed E-state index contributed by atoms with van der Waals surface area (Å²) in [6.07, 6.45) is -4.07. The van der Waals surface area contributed by atoms with Gasteiger partial charge in [-0.05, 0) is 13.3 Å². The SMILES string of the molecule is CCOC1(C(F)(F)F)CN(C(=O)[C@@H](Cl)CC)C1. The normalized spacial score (nSPS) is 20.9. The maximum atomic E-state index is 12.8. The first kappa shape index (κ1) is 14.6. The number of rotatable bonds is 4. The predicted octanol–water partition coefficient (Wildman–Crippen LogP) is 2.18. The van der Waals surface area contributed by atoms with Crippen LogP contribution >= 0.6 is 11.6 Å². The maximum Gasteiger partial charge on any atom is 0.420 e. The molecule has 0 aromatic heterocycles. The third-order valence-corrected chi connectivity index (χ3v) is 3.26. The molecule has 100 valence electrons. The van der Waals surface area contributed by atoms with Crippen molar-refractivity contribution in [2.24, 2.45) is 0 Å². The minimum atomic E-state index is -4.46. The van der Waals surface area contributed by atoms with Gasteiger partial charge in [0.25, 0.3) is 0 Å². The monoisotopic (exact) mass is 273 g/mol. The van der Waals surface area contributed by atoms with E-state index in [0.29, 0.717) is 6.42 Å². The predicted molar refractivity (Wildman–Crippen MR) is 56.9 cm³/mol. The number of likely N-dealkylation sites (tertiary alicyclic amines) is 1. The quantitative estimate of drug-likeness (QED) is 0.735. The third-order valence-electron chi connectivity index (χ3n) is 2.77. The third kappa shape index (κ3) is 2.68. The zero-order valence-corrected chi connectivity index (χ0v) is 10.4. The maximum absolute atomic E-state index is 12.8. The number of ether oxygens (including phenoxy) is 1. The molecule has 1 aliphatic rings. The number of hydrogen-bond donors (Lipinski definition) is 0. The minimum Gasteiger partial charge on any atom is -0.362 e. The molecule has 0 N–H and O–H groups in total. The molecule has 1 aliphatic heterocycles. The number of hydrogen-bond acceptors (Lipinski definition) is 2. The van der Waals surface area contributed by atoms with Crippen LogP contribution in [0.5, 0.6) is 0 Å². The number of amides is 1. The summed E-state index contributed by atoms with van der Waals surface area (Å²) in [6.45, 7) is 2.22. The number of carbonyl (C=O) groups is 1. The van der Waals surface area contributed by atoms with Crippen molar-refractivity contribution < 1.29 is 22.7 Å². The van der Waals surface area contributed by atoms with Gasteiger partial charge in [0, 0.05) is 6.61 Å². The summed E-state index contributed by atoms with van der Waals surface area (Å²) in [5.41, 5.74) is -2.21. The van der Waals surface area contributed by atoms with Crippen LogP contribution in [0.15, 0.2) is 0 Å². The average molecular weight is 274 g/mol. The molecular formula is C10H15ClF3NO2. The number of carbonyl (C=O) groups excluding carboxylic acids is 1. The van der Waals surface area contributed by atoms with Gasteiger partial charge in [-0.1, -0.05) is 6.92 Å². The Bertz CT molecular complexity index is 290. The van der Waals surface area contributed by atoms with E-state index in [-0.39, 0.29) is 6.61 Å². The van der Waals surface area contributed by atoms with Crippen LogP contribution in [-0.2, 0) is 9.53 Å². The van der Waals surface area contributed by atoms with Crippen molar-refractivity contribution >= 4 is 17.5 Å². The van der Waals surface area contributed by atoms with Crippen LogP contribution in [0.1, 0.15) is 20.3 Å². The van der Waals surface area contributed by atoms with Crippen LogP contribution in [0.4, 0.5) is 13.2 Å². The highest BCUT2D eigenvalue weighted by molar-refractivity contribution is 6.30. The Balaban J connectivity index is 2.65. The summed E-state index contributed by atoms with van der Waals surface area (Å²) >= 11 is 5.69. The van der Waals surface area contributed by atoms with Gasteiger partial charge in [0.2, 0.25) is 5.91 Å². The smallest absolute Gasteiger partial charge is 0.362 e. The molecule has 17 heavy (non-hydrogen) atoms. The Morgan fingerprint density at radius 3 is 2.35 bits per heavy atom. The first-order valence-electron chi connectivity index (χ1n) is 5.41. The molecular weight excluding hydrogens is 259 g/mol. The molecule has 1 saturated heterocycles. The van der Waals surface area contributed by atoms with E-state index < -0.39 is 36.2 Å². The van der Waals surface area contributed by atoms with Gasteiger partial charge >= 0.3 is 6.18 Å². The van der Waals surface area contributed by atoms with Crippen LogP contribution in [0, 0.1) is 0 Å². The van der Waals surface area contributed by atoms with Crippen LogP contribution in [-0.4, -0.2) is 47.7 Å². The molecule has 0 spiro atoms. The average Bonchev–Trinajstić information content (AvgIpc) is 2.18. The van der Waals surface area contributed by atoms with Gasteiger partial charge in [0.05, 0.1) is 13.1 Å². The van der Waals surface area contributed by atoms with Crippen molar-refractivity contribution in [2.75, 3.05) is 19.7 Å². The van der Waals surface area contributed by atoms with Crippen LogP contribution in [0.3, 0.4) is 0 Å². The zero-order chi connectivity index (χ0) is 13.3. The highest BCUT2D eigenvalue weighted by Gasteiger charge is 2.64. The molecule has 1 heterocycles. The molecule has 0 unspecified atom stereocenters. The van der Waals surface area contributed by atoms with E-state index in [4.69, 9.17) is 16.3 Å². The molecule has 1 fully saturated rings. The van der Waals surface area contributed by atoms with Gasteiger partial charge in [-0.25, -0.2) is 0 Å². The standard InChI is InChI=1S/C10H15ClF3NO2/c1-3-7(11)8(16)15-5-9(6-15,17-4-2)10(12,13)14/h7H,3-6H2,1-2H3/t7-/m0/s1. The number of alkyl halides is 4. The van der Waals surface area contributed by atoms with Gasteiger partial charge in [0.1, 0.15) is 5.38 Å². The Morgan fingerprint density at radius 2 is 2.00 bits per heavy atom. The van der Waals surface area contributed by atoms with Crippen molar-refractivity contribution in [3.05, 3.63) is 0 Å². The summed E-state index contributed by atoms with van der Waals surface area (Å²) in [5, 5.41) is -0.761. The Kier molecular flexibility index (Phi) is 4.30. The molecule has 1 atom stereocenters. The van der Waals surface area contributed by atoms with Crippen LogP contribution < -0.4 is 0 Å². The molecule has 0 saturated carbocycles. The molecule has 0 aliphatic carbocycles. The van der Waals surface area contributed by atoms with Crippen molar-refractivity contribution in [3.63, 3.8) is 0 Å². The van der Waals surface area contributed by atoms with E-state index in [0.717, 1.165) is 4.90 Å². The minimum absolute atomic E-state index is 0.0420. The molecule has 0 radical (unpaired) electrons. The zero-order valence-electron chi connectivity index (χ0n) is 9.68. The summed E-state index contributed by atoms with van der Waals surface area (Å²) in [5.74, 6) is -0.464. The molecule has 1 rings (SSSR count). The van der Waals surface area contributed by atoms with E-state index >= 15 is 0 Å². The largest absolute Gasteiger partial charge is 0.420 e. The Hall–Kier alpha value is -0.490. The number of nitrogens with zero attached hydrogens (tertiary/aromatic N) is 1. The topological polar surface area (TPSA) is 29.5 Å². The van der Waals surface area contributed by atoms with E-state index in [1.54, 1.807) is 6.92 Å². The highest BCUT2D eigenvalue weighted by Crippen LogP contribution is 2.41.